The van der Waals surface area contributed by atoms with Gasteiger partial charge in [-0.25, -0.2) is 0 Å². The SMILES string of the molecule is BrCCSc1ccc2c(c1)OCCCO2. The molecule has 0 radical (unpaired) electrons. The van der Waals surface area contributed by atoms with Gasteiger partial charge in [-0.1, -0.05) is 15.9 Å². The zero-order valence-electron chi connectivity index (χ0n) is 8.37. The first-order valence-electron chi connectivity index (χ1n) is 4.98. The molecule has 1 aliphatic heterocycles. The van der Waals surface area contributed by atoms with Crippen molar-refractivity contribution in [2.45, 2.75) is 11.3 Å². The van der Waals surface area contributed by atoms with Crippen LogP contribution in [0, 0.1) is 0 Å². The van der Waals surface area contributed by atoms with Crippen molar-refractivity contribution in [1.82, 2.24) is 0 Å². The van der Waals surface area contributed by atoms with Crippen molar-refractivity contribution >= 4 is 27.7 Å². The highest BCUT2D eigenvalue weighted by Crippen LogP contribution is 2.33. The number of hydrogen-bond acceptors (Lipinski definition) is 3. The Labute approximate surface area is 102 Å². The van der Waals surface area contributed by atoms with E-state index >= 15 is 0 Å². The highest BCUT2D eigenvalue weighted by Gasteiger charge is 2.10. The second-order valence-corrected chi connectivity index (χ2v) is 5.16. The van der Waals surface area contributed by atoms with Crippen LogP contribution in [-0.4, -0.2) is 24.3 Å². The minimum absolute atomic E-state index is 0.750. The number of thioether (sulfide) groups is 1. The van der Waals surface area contributed by atoms with Gasteiger partial charge in [0.2, 0.25) is 0 Å². The van der Waals surface area contributed by atoms with Crippen LogP contribution < -0.4 is 9.47 Å². The number of ether oxygens (including phenoxy) is 2. The Balaban J connectivity index is 2.13. The Kier molecular flexibility index (Phi) is 4.20. The third-order valence-corrected chi connectivity index (χ3v) is 3.98. The molecule has 1 heterocycles. The zero-order valence-corrected chi connectivity index (χ0v) is 10.8. The number of alkyl halides is 1. The second kappa shape index (κ2) is 5.66. The molecule has 0 fully saturated rings. The van der Waals surface area contributed by atoms with Crippen molar-refractivity contribution in [3.8, 4) is 11.5 Å². The number of halogens is 1. The van der Waals surface area contributed by atoms with E-state index in [1.807, 2.05) is 17.8 Å². The fraction of sp³-hybridized carbons (Fsp3) is 0.455. The number of benzene rings is 1. The van der Waals surface area contributed by atoms with E-state index in [0.717, 1.165) is 42.2 Å². The first-order valence-corrected chi connectivity index (χ1v) is 7.09. The van der Waals surface area contributed by atoms with E-state index in [2.05, 4.69) is 28.1 Å². The van der Waals surface area contributed by atoms with Crippen molar-refractivity contribution in [3.63, 3.8) is 0 Å². The van der Waals surface area contributed by atoms with Crippen LogP contribution in [0.4, 0.5) is 0 Å². The Bertz CT molecular complexity index is 330. The van der Waals surface area contributed by atoms with E-state index in [0.29, 0.717) is 0 Å². The average molecular weight is 289 g/mol. The molecule has 0 aliphatic carbocycles. The largest absolute Gasteiger partial charge is 0.490 e. The third kappa shape index (κ3) is 3.05. The van der Waals surface area contributed by atoms with Gasteiger partial charge in [0.05, 0.1) is 13.2 Å². The minimum Gasteiger partial charge on any atom is -0.490 e. The van der Waals surface area contributed by atoms with Gasteiger partial charge in [0.25, 0.3) is 0 Å². The van der Waals surface area contributed by atoms with Crippen LogP contribution in [0.1, 0.15) is 6.42 Å². The molecule has 0 unspecified atom stereocenters. The monoisotopic (exact) mass is 288 g/mol. The molecule has 1 aliphatic rings. The fourth-order valence-corrected chi connectivity index (χ4v) is 2.54. The van der Waals surface area contributed by atoms with Gasteiger partial charge >= 0.3 is 0 Å². The molecule has 1 aromatic rings. The van der Waals surface area contributed by atoms with Crippen LogP contribution >= 0.6 is 27.7 Å². The molecular weight excluding hydrogens is 276 g/mol. The van der Waals surface area contributed by atoms with Crippen molar-refractivity contribution < 1.29 is 9.47 Å². The van der Waals surface area contributed by atoms with Crippen LogP contribution in [0.5, 0.6) is 11.5 Å². The van der Waals surface area contributed by atoms with Gasteiger partial charge in [-0.3, -0.25) is 0 Å². The van der Waals surface area contributed by atoms with E-state index in [1.54, 1.807) is 0 Å². The summed E-state index contributed by atoms with van der Waals surface area (Å²) in [5.41, 5.74) is 0. The summed E-state index contributed by atoms with van der Waals surface area (Å²) < 4.78 is 11.2. The summed E-state index contributed by atoms with van der Waals surface area (Å²) in [6.45, 7) is 1.50. The summed E-state index contributed by atoms with van der Waals surface area (Å²) in [6, 6.07) is 6.14. The first kappa shape index (κ1) is 11.1. The molecule has 15 heavy (non-hydrogen) atoms. The van der Waals surface area contributed by atoms with E-state index in [1.165, 1.54) is 4.90 Å². The molecule has 0 atom stereocenters. The lowest BCUT2D eigenvalue weighted by Crippen LogP contribution is -1.97. The summed E-state index contributed by atoms with van der Waals surface area (Å²) in [5.74, 6) is 2.82. The maximum Gasteiger partial charge on any atom is 0.162 e. The molecule has 2 rings (SSSR count). The smallest absolute Gasteiger partial charge is 0.162 e. The molecule has 0 saturated carbocycles. The van der Waals surface area contributed by atoms with Gasteiger partial charge < -0.3 is 9.47 Å². The van der Waals surface area contributed by atoms with Crippen molar-refractivity contribution in [1.29, 1.82) is 0 Å². The number of fused-ring (bicyclic) bond motifs is 1. The van der Waals surface area contributed by atoms with Gasteiger partial charge in [0.1, 0.15) is 0 Å². The number of rotatable bonds is 3. The minimum atomic E-state index is 0.750. The predicted molar refractivity (Wildman–Crippen MR) is 66.6 cm³/mol. The van der Waals surface area contributed by atoms with Crippen LogP contribution in [0.3, 0.4) is 0 Å². The standard InChI is InChI=1S/C11H13BrO2S/c12-4-7-15-9-2-3-10-11(8-9)14-6-1-5-13-10/h2-3,8H,1,4-7H2. The Hall–Kier alpha value is -0.350. The fourth-order valence-electron chi connectivity index (χ4n) is 1.39. The molecule has 1 aromatic carbocycles. The summed E-state index contributed by atoms with van der Waals surface area (Å²) in [7, 11) is 0. The van der Waals surface area contributed by atoms with E-state index in [-0.39, 0.29) is 0 Å². The average Bonchev–Trinajstić information content (AvgIpc) is 2.50. The van der Waals surface area contributed by atoms with Crippen molar-refractivity contribution in [2.75, 3.05) is 24.3 Å². The molecule has 0 amide bonds. The Morgan fingerprint density at radius 3 is 2.80 bits per heavy atom. The summed E-state index contributed by atoms with van der Waals surface area (Å²) >= 11 is 5.24. The topological polar surface area (TPSA) is 18.5 Å². The van der Waals surface area contributed by atoms with E-state index in [4.69, 9.17) is 9.47 Å². The van der Waals surface area contributed by atoms with Crippen molar-refractivity contribution in [3.05, 3.63) is 18.2 Å². The second-order valence-electron chi connectivity index (χ2n) is 3.20. The lowest BCUT2D eigenvalue weighted by atomic mass is 10.3. The van der Waals surface area contributed by atoms with E-state index in [9.17, 15) is 0 Å². The Morgan fingerprint density at radius 2 is 2.00 bits per heavy atom. The normalized spacial score (nSPS) is 14.7. The van der Waals surface area contributed by atoms with Crippen LogP contribution in [0.15, 0.2) is 23.1 Å². The predicted octanol–water partition coefficient (Wildman–Crippen LogP) is 3.33. The highest BCUT2D eigenvalue weighted by molar-refractivity contribution is 9.09. The van der Waals surface area contributed by atoms with Crippen LogP contribution in [-0.2, 0) is 0 Å². The maximum atomic E-state index is 5.62. The van der Waals surface area contributed by atoms with Gasteiger partial charge in [0, 0.05) is 22.4 Å². The first-order chi connectivity index (χ1) is 7.40. The molecule has 82 valence electrons. The van der Waals surface area contributed by atoms with E-state index < -0.39 is 0 Å². The number of hydrogen-bond donors (Lipinski definition) is 0. The molecule has 0 bridgehead atoms. The molecule has 0 N–H and O–H groups in total. The molecule has 2 nitrogen and oxygen atoms in total. The lowest BCUT2D eigenvalue weighted by Gasteiger charge is -2.08. The third-order valence-electron chi connectivity index (χ3n) is 2.06. The lowest BCUT2D eigenvalue weighted by molar-refractivity contribution is 0.297. The summed E-state index contributed by atoms with van der Waals surface area (Å²) in [5, 5.41) is 1.01. The van der Waals surface area contributed by atoms with Gasteiger partial charge in [-0.05, 0) is 18.2 Å². The molecule has 0 saturated heterocycles. The van der Waals surface area contributed by atoms with Crippen molar-refractivity contribution in [2.24, 2.45) is 0 Å². The zero-order chi connectivity index (χ0) is 10.5. The van der Waals surface area contributed by atoms with Gasteiger partial charge in [-0.2, -0.15) is 0 Å². The molecular formula is C11H13BrO2S. The van der Waals surface area contributed by atoms with Crippen LogP contribution in [0.2, 0.25) is 0 Å². The summed E-state index contributed by atoms with van der Waals surface area (Å²) in [4.78, 5) is 1.23. The Morgan fingerprint density at radius 1 is 1.20 bits per heavy atom. The summed E-state index contributed by atoms with van der Waals surface area (Å²) in [6.07, 6.45) is 0.957. The van der Waals surface area contributed by atoms with Gasteiger partial charge in [-0.15, -0.1) is 11.8 Å². The molecule has 4 heteroatoms. The quantitative estimate of drug-likeness (QED) is 0.628. The highest BCUT2D eigenvalue weighted by atomic mass is 79.9. The molecule has 0 spiro atoms. The molecule has 0 aromatic heterocycles. The maximum absolute atomic E-state index is 5.62. The van der Waals surface area contributed by atoms with Gasteiger partial charge in [0.15, 0.2) is 11.5 Å². The van der Waals surface area contributed by atoms with Crippen LogP contribution in [0.25, 0.3) is 0 Å².